The van der Waals surface area contributed by atoms with Crippen molar-refractivity contribution in [2.24, 2.45) is 17.3 Å². The van der Waals surface area contributed by atoms with E-state index in [1.165, 1.54) is 6.07 Å². The fraction of sp³-hybridized carbons (Fsp3) is 0.667. The Bertz CT molecular complexity index is 891. The van der Waals surface area contributed by atoms with Crippen molar-refractivity contribution in [1.82, 2.24) is 0 Å². The zero-order valence-electron chi connectivity index (χ0n) is 17.5. The van der Waals surface area contributed by atoms with Gasteiger partial charge in [-0.3, -0.25) is 0 Å². The fourth-order valence-corrected chi connectivity index (χ4v) is 5.47. The molecular weight excluding hydrogens is 351 g/mol. The number of aryl methyl sites for hydroxylation is 1. The Labute approximate surface area is 175 Å². The molecule has 2 fully saturated rings. The van der Waals surface area contributed by atoms with Gasteiger partial charge in [-0.05, 0) is 84.9 Å². The molecule has 132 valence electrons. The molecule has 0 unspecified atom stereocenters. The minimum atomic E-state index is -4.81. The molecule has 7 heteroatoms. The molecular formula is C18H23NaO5S. The zero-order chi connectivity index (χ0) is 19.8. The van der Waals surface area contributed by atoms with E-state index in [1.54, 1.807) is 12.1 Å². The number of rotatable bonds is 2. The predicted octanol–water partition coefficient (Wildman–Crippen LogP) is -0.253. The van der Waals surface area contributed by atoms with Crippen LogP contribution in [0.2, 0.25) is 0 Å². The van der Waals surface area contributed by atoms with Crippen LogP contribution < -0.4 is 33.7 Å². The maximum atomic E-state index is 10.8. The molecule has 0 heterocycles. The van der Waals surface area contributed by atoms with Crippen LogP contribution in [0, 0.1) is 17.3 Å². The molecule has 0 radical (unpaired) electrons. The minimum absolute atomic E-state index is 0. The zero-order valence-corrected chi connectivity index (χ0v) is 17.3. The molecule has 0 saturated heterocycles. The first-order valence-electron chi connectivity index (χ1n) is 9.86. The van der Waals surface area contributed by atoms with E-state index in [4.69, 9.17) is 4.11 Å². The summed E-state index contributed by atoms with van der Waals surface area (Å²) in [5, 5.41) is 10.7. The van der Waals surface area contributed by atoms with Crippen LogP contribution in [0.1, 0.15) is 60.1 Å². The molecule has 0 aliphatic heterocycles. The van der Waals surface area contributed by atoms with E-state index < -0.39 is 28.3 Å². The topological polar surface area (TPSA) is 86.7 Å². The van der Waals surface area contributed by atoms with Gasteiger partial charge in [0.15, 0.2) is 0 Å². The third-order valence-electron chi connectivity index (χ3n) is 6.32. The van der Waals surface area contributed by atoms with Gasteiger partial charge >= 0.3 is 29.6 Å². The van der Waals surface area contributed by atoms with Crippen molar-refractivity contribution in [2.45, 2.75) is 57.4 Å². The molecule has 0 spiro atoms. The molecule has 3 aliphatic carbocycles. The second-order valence-electron chi connectivity index (χ2n) is 7.45. The molecule has 1 aromatic carbocycles. The van der Waals surface area contributed by atoms with E-state index >= 15 is 0 Å². The van der Waals surface area contributed by atoms with E-state index in [-0.39, 0.29) is 59.5 Å². The number of fused-ring (bicyclic) bond motifs is 5. The standard InChI is InChI=1S/C18H24O5S.Na/c1-18-9-8-14-13-5-3-12(23-24(20,21)22)10-11(13)2-4-15(14)16(18)6-7-17(18)19;/h3,5,10,14-17,19H,2,4,6-9H2,1H3,(H,20,21,22);/q;+1/p-1/t14-,15-,16+,17+,18+;/m1./s1/i7D2,17D;. The Balaban J connectivity index is 0.00000225. The summed E-state index contributed by atoms with van der Waals surface area (Å²) in [6.07, 6.45) is -1.13. The smallest absolute Gasteiger partial charge is 0.716 e. The number of hydrogen-bond acceptors (Lipinski definition) is 5. The second-order valence-corrected chi connectivity index (χ2v) is 8.44. The summed E-state index contributed by atoms with van der Waals surface area (Å²) in [6.45, 7) is 1.84. The second kappa shape index (κ2) is 6.80. The Hall–Kier alpha value is -0.110. The molecule has 4 rings (SSSR count). The van der Waals surface area contributed by atoms with Crippen molar-refractivity contribution in [3.05, 3.63) is 29.3 Å². The van der Waals surface area contributed by atoms with Crippen LogP contribution in [0.15, 0.2) is 18.2 Å². The third kappa shape index (κ3) is 3.42. The van der Waals surface area contributed by atoms with Crippen molar-refractivity contribution in [1.29, 1.82) is 0 Å². The quantitative estimate of drug-likeness (QED) is 0.436. The molecule has 3 aliphatic rings. The Kier molecular flexibility index (Phi) is 4.33. The summed E-state index contributed by atoms with van der Waals surface area (Å²) < 4.78 is 61.7. The van der Waals surface area contributed by atoms with Gasteiger partial charge in [0.1, 0.15) is 5.75 Å². The van der Waals surface area contributed by atoms with Crippen LogP contribution in [-0.4, -0.2) is 24.2 Å². The van der Waals surface area contributed by atoms with Crippen molar-refractivity contribution < 1.29 is 55.9 Å². The first-order valence-corrected chi connectivity index (χ1v) is 9.70. The van der Waals surface area contributed by atoms with Gasteiger partial charge < -0.3 is 13.8 Å². The molecule has 5 nitrogen and oxygen atoms in total. The Morgan fingerprint density at radius 3 is 2.88 bits per heavy atom. The van der Waals surface area contributed by atoms with Crippen LogP contribution in [0.4, 0.5) is 0 Å². The Morgan fingerprint density at radius 2 is 2.16 bits per heavy atom. The molecule has 0 amide bonds. The van der Waals surface area contributed by atoms with E-state index in [0.29, 0.717) is 12.8 Å². The summed E-state index contributed by atoms with van der Waals surface area (Å²) in [7, 11) is -4.81. The van der Waals surface area contributed by atoms with Gasteiger partial charge in [0.25, 0.3) is 10.4 Å². The fourth-order valence-electron chi connectivity index (χ4n) is 5.13. The Morgan fingerprint density at radius 1 is 1.40 bits per heavy atom. The van der Waals surface area contributed by atoms with Crippen LogP contribution in [0.3, 0.4) is 0 Å². The van der Waals surface area contributed by atoms with E-state index in [0.717, 1.165) is 24.0 Å². The van der Waals surface area contributed by atoms with Crippen LogP contribution in [0.25, 0.3) is 0 Å². The average molecular weight is 377 g/mol. The number of aliphatic hydroxyl groups is 1. The van der Waals surface area contributed by atoms with E-state index in [9.17, 15) is 18.1 Å². The minimum Gasteiger partial charge on any atom is -0.716 e. The van der Waals surface area contributed by atoms with E-state index in [2.05, 4.69) is 4.18 Å². The van der Waals surface area contributed by atoms with E-state index in [1.807, 2.05) is 6.92 Å². The van der Waals surface area contributed by atoms with Crippen molar-refractivity contribution in [3.8, 4) is 5.75 Å². The van der Waals surface area contributed by atoms with Crippen molar-refractivity contribution in [2.75, 3.05) is 0 Å². The number of hydrogen-bond donors (Lipinski definition) is 1. The van der Waals surface area contributed by atoms with Crippen LogP contribution in [0.5, 0.6) is 5.75 Å². The first-order chi connectivity index (χ1) is 12.4. The molecule has 25 heavy (non-hydrogen) atoms. The van der Waals surface area contributed by atoms with Gasteiger partial charge in [-0.25, -0.2) is 8.42 Å². The SMILES string of the molecule is [2H]C1([2H])C[C@H]2[C@@H]3CCc4cc(OS(=O)(=O)[O-])ccc4[C@H]3CC[C@]2(C)[C@@]1([2H])O.[Na+]. The van der Waals surface area contributed by atoms with Gasteiger partial charge in [0.2, 0.25) is 0 Å². The summed E-state index contributed by atoms with van der Waals surface area (Å²) in [5.41, 5.74) is 1.24. The van der Waals surface area contributed by atoms with Gasteiger partial charge in [-0.1, -0.05) is 13.0 Å². The first kappa shape index (κ1) is 15.9. The molecule has 0 aromatic heterocycles. The van der Waals surface area contributed by atoms with Crippen molar-refractivity contribution in [3.63, 3.8) is 0 Å². The van der Waals surface area contributed by atoms with Crippen LogP contribution in [-0.2, 0) is 16.8 Å². The van der Waals surface area contributed by atoms with Gasteiger partial charge in [0, 0.05) is 2.74 Å². The monoisotopic (exact) mass is 377 g/mol. The molecule has 1 aromatic rings. The summed E-state index contributed by atoms with van der Waals surface area (Å²) >= 11 is 0. The number of benzene rings is 1. The maximum Gasteiger partial charge on any atom is 1.00 e. The van der Waals surface area contributed by atoms with Crippen molar-refractivity contribution >= 4 is 10.4 Å². The predicted molar refractivity (Wildman–Crippen MR) is 87.4 cm³/mol. The maximum absolute atomic E-state index is 10.8. The molecule has 2 saturated carbocycles. The van der Waals surface area contributed by atoms with Crippen LogP contribution >= 0.6 is 0 Å². The third-order valence-corrected chi connectivity index (χ3v) is 6.71. The molecule has 0 bridgehead atoms. The summed E-state index contributed by atoms with van der Waals surface area (Å²) in [5.74, 6) is 0.274. The molecule has 5 atom stereocenters. The summed E-state index contributed by atoms with van der Waals surface area (Å²) in [6, 6.07) is 4.88. The van der Waals surface area contributed by atoms with Gasteiger partial charge in [0.05, 0.1) is 7.45 Å². The summed E-state index contributed by atoms with van der Waals surface area (Å²) in [4.78, 5) is 0. The normalized spacial score (nSPS) is 43.3. The molecule has 1 N–H and O–H groups in total. The van der Waals surface area contributed by atoms with Gasteiger partial charge in [-0.2, -0.15) is 0 Å². The largest absolute Gasteiger partial charge is 1.00 e. The average Bonchev–Trinajstić information content (AvgIpc) is 2.69. The van der Waals surface area contributed by atoms with Gasteiger partial charge in [-0.15, -0.1) is 0 Å².